The fourth-order valence-electron chi connectivity index (χ4n) is 5.33. The lowest BCUT2D eigenvalue weighted by atomic mass is 9.74. The number of carbonyl (C=O) groups excluding carboxylic acids is 1. The van der Waals surface area contributed by atoms with Gasteiger partial charge in [-0.2, -0.15) is 0 Å². The van der Waals surface area contributed by atoms with Crippen molar-refractivity contribution in [1.82, 2.24) is 5.32 Å². The smallest absolute Gasteiger partial charge is 0.139 e. The van der Waals surface area contributed by atoms with Gasteiger partial charge in [0.1, 0.15) is 5.78 Å². The molecule has 2 aliphatic carbocycles. The maximum atomic E-state index is 13.0. The number of ketones is 1. The van der Waals surface area contributed by atoms with E-state index in [0.29, 0.717) is 23.0 Å². The molecule has 0 aromatic rings. The van der Waals surface area contributed by atoms with Gasteiger partial charge in [0.2, 0.25) is 0 Å². The average Bonchev–Trinajstić information content (AvgIpc) is 3.21. The van der Waals surface area contributed by atoms with E-state index >= 15 is 0 Å². The van der Waals surface area contributed by atoms with Gasteiger partial charge in [0, 0.05) is 18.4 Å². The van der Waals surface area contributed by atoms with Crippen LogP contribution in [0.4, 0.5) is 0 Å². The van der Waals surface area contributed by atoms with Crippen LogP contribution >= 0.6 is 0 Å². The molecule has 1 N–H and O–H groups in total. The van der Waals surface area contributed by atoms with Gasteiger partial charge in [-0.3, -0.25) is 4.79 Å². The summed E-state index contributed by atoms with van der Waals surface area (Å²) < 4.78 is 6.16. The van der Waals surface area contributed by atoms with Gasteiger partial charge < -0.3 is 10.1 Å². The molecule has 2 saturated heterocycles. The number of Topliss-reactive ketones (excluding diaryl/α,β-unsaturated/α-hetero) is 1. The molecule has 2 aliphatic heterocycles. The number of rotatable bonds is 2. The fourth-order valence-corrected chi connectivity index (χ4v) is 5.33. The van der Waals surface area contributed by atoms with Crippen molar-refractivity contribution in [3.8, 4) is 0 Å². The first kappa shape index (κ1) is 14.2. The van der Waals surface area contributed by atoms with Crippen LogP contribution in [0, 0.1) is 17.3 Å². The van der Waals surface area contributed by atoms with Crippen LogP contribution in [-0.4, -0.2) is 31.1 Å². The second-order valence-electron chi connectivity index (χ2n) is 8.05. The summed E-state index contributed by atoms with van der Waals surface area (Å²) in [6.45, 7) is 3.04. The second-order valence-corrected chi connectivity index (χ2v) is 8.05. The Labute approximate surface area is 128 Å². The van der Waals surface area contributed by atoms with Gasteiger partial charge in [-0.05, 0) is 63.5 Å². The summed E-state index contributed by atoms with van der Waals surface area (Å²) in [5, 5.41) is 3.43. The van der Waals surface area contributed by atoms with Crippen molar-refractivity contribution < 1.29 is 9.53 Å². The third-order valence-corrected chi connectivity index (χ3v) is 6.79. The monoisotopic (exact) mass is 291 g/mol. The second kappa shape index (κ2) is 5.34. The predicted octanol–water partition coefficient (Wildman–Crippen LogP) is 3.07. The number of nitrogens with one attached hydrogen (secondary N) is 1. The van der Waals surface area contributed by atoms with E-state index in [1.54, 1.807) is 0 Å². The van der Waals surface area contributed by atoms with Gasteiger partial charge in [-0.25, -0.2) is 0 Å². The Morgan fingerprint density at radius 1 is 1.00 bits per heavy atom. The Hall–Kier alpha value is -0.410. The lowest BCUT2D eigenvalue weighted by Gasteiger charge is -2.43. The molecule has 118 valence electrons. The van der Waals surface area contributed by atoms with Crippen molar-refractivity contribution in [1.29, 1.82) is 0 Å². The lowest BCUT2D eigenvalue weighted by Crippen LogP contribution is -2.44. The summed E-state index contributed by atoms with van der Waals surface area (Å²) in [4.78, 5) is 13.0. The van der Waals surface area contributed by atoms with Crippen LogP contribution in [0.3, 0.4) is 0 Å². The first-order chi connectivity index (χ1) is 10.2. The van der Waals surface area contributed by atoms with Crippen LogP contribution in [0.15, 0.2) is 0 Å². The minimum Gasteiger partial charge on any atom is -0.375 e. The van der Waals surface area contributed by atoms with E-state index in [-0.39, 0.29) is 5.60 Å². The highest BCUT2D eigenvalue weighted by Crippen LogP contribution is 2.60. The first-order valence-corrected chi connectivity index (χ1v) is 9.12. The summed E-state index contributed by atoms with van der Waals surface area (Å²) in [6, 6.07) is 0. The average molecular weight is 291 g/mol. The van der Waals surface area contributed by atoms with Crippen LogP contribution in [0.25, 0.3) is 0 Å². The molecule has 4 fully saturated rings. The number of hydrogen-bond donors (Lipinski definition) is 1. The number of piperidine rings is 1. The molecule has 0 radical (unpaired) electrons. The van der Waals surface area contributed by atoms with Crippen LogP contribution in [-0.2, 0) is 9.53 Å². The summed E-state index contributed by atoms with van der Waals surface area (Å²) in [5.41, 5.74) is 0.480. The van der Waals surface area contributed by atoms with Crippen LogP contribution in [0.1, 0.15) is 64.2 Å². The first-order valence-electron chi connectivity index (χ1n) is 9.12. The maximum Gasteiger partial charge on any atom is 0.139 e. The fraction of sp³-hybridized carbons (Fsp3) is 0.944. The molecule has 0 bridgehead atoms. The van der Waals surface area contributed by atoms with Crippen LogP contribution in [0.5, 0.6) is 0 Å². The summed E-state index contributed by atoms with van der Waals surface area (Å²) >= 11 is 0. The standard InChI is InChI=1S/C18H29NO2/c20-16(15-13-17(15)7-9-19-10-8-17)14-4-11-21-18(12-14)5-2-1-3-6-18/h14-15,19H,1-13H2. The van der Waals surface area contributed by atoms with Crippen LogP contribution < -0.4 is 5.32 Å². The molecule has 0 amide bonds. The molecule has 2 atom stereocenters. The maximum absolute atomic E-state index is 13.0. The SMILES string of the molecule is O=C(C1CCOC2(CCCCC2)C1)C1CC12CCNCC2. The third-order valence-electron chi connectivity index (χ3n) is 6.79. The molecule has 2 spiro atoms. The van der Waals surface area contributed by atoms with E-state index in [1.165, 1.54) is 51.4 Å². The molecule has 21 heavy (non-hydrogen) atoms. The molecule has 4 rings (SSSR count). The van der Waals surface area contributed by atoms with Crippen molar-refractivity contribution >= 4 is 5.78 Å². The van der Waals surface area contributed by atoms with Crippen molar-refractivity contribution in [2.24, 2.45) is 17.3 Å². The molecular formula is C18H29NO2. The Kier molecular flexibility index (Phi) is 3.61. The topological polar surface area (TPSA) is 38.3 Å². The number of carbonyl (C=O) groups is 1. The van der Waals surface area contributed by atoms with E-state index in [2.05, 4.69) is 5.32 Å². The number of hydrogen-bond acceptors (Lipinski definition) is 3. The minimum atomic E-state index is 0.0764. The normalized spacial score (nSPS) is 37.5. The number of ether oxygens (including phenoxy) is 1. The zero-order valence-electron chi connectivity index (χ0n) is 13.2. The Balaban J connectivity index is 1.40. The Bertz CT molecular complexity index is 402. The van der Waals surface area contributed by atoms with E-state index < -0.39 is 0 Å². The van der Waals surface area contributed by atoms with Gasteiger partial charge in [0.15, 0.2) is 0 Å². The van der Waals surface area contributed by atoms with E-state index in [9.17, 15) is 4.79 Å². The van der Waals surface area contributed by atoms with E-state index in [4.69, 9.17) is 4.74 Å². The van der Waals surface area contributed by atoms with Gasteiger partial charge in [-0.15, -0.1) is 0 Å². The minimum absolute atomic E-state index is 0.0764. The van der Waals surface area contributed by atoms with Crippen molar-refractivity contribution in [3.63, 3.8) is 0 Å². The molecular weight excluding hydrogens is 262 g/mol. The molecule has 4 aliphatic rings. The zero-order valence-corrected chi connectivity index (χ0v) is 13.2. The Morgan fingerprint density at radius 2 is 1.76 bits per heavy atom. The molecule has 0 aromatic heterocycles. The van der Waals surface area contributed by atoms with Gasteiger partial charge in [0.25, 0.3) is 0 Å². The van der Waals surface area contributed by atoms with Gasteiger partial charge in [0.05, 0.1) is 5.60 Å². The zero-order chi connectivity index (χ0) is 14.3. The summed E-state index contributed by atoms with van der Waals surface area (Å²) in [6.07, 6.45) is 11.9. The highest BCUT2D eigenvalue weighted by atomic mass is 16.5. The third kappa shape index (κ3) is 2.57. The molecule has 3 heteroatoms. The summed E-state index contributed by atoms with van der Waals surface area (Å²) in [5.74, 6) is 1.30. The van der Waals surface area contributed by atoms with Crippen molar-refractivity contribution in [2.75, 3.05) is 19.7 Å². The largest absolute Gasteiger partial charge is 0.375 e. The van der Waals surface area contributed by atoms with Crippen molar-refractivity contribution in [2.45, 2.75) is 69.8 Å². The molecule has 3 nitrogen and oxygen atoms in total. The quantitative estimate of drug-likeness (QED) is 0.849. The van der Waals surface area contributed by atoms with Gasteiger partial charge >= 0.3 is 0 Å². The van der Waals surface area contributed by atoms with E-state index in [0.717, 1.165) is 32.5 Å². The van der Waals surface area contributed by atoms with Gasteiger partial charge in [-0.1, -0.05) is 19.3 Å². The molecule has 2 heterocycles. The Morgan fingerprint density at radius 3 is 2.52 bits per heavy atom. The highest BCUT2D eigenvalue weighted by molar-refractivity contribution is 5.87. The van der Waals surface area contributed by atoms with E-state index in [1.807, 2.05) is 0 Å². The predicted molar refractivity (Wildman–Crippen MR) is 82.1 cm³/mol. The molecule has 2 unspecified atom stereocenters. The van der Waals surface area contributed by atoms with Crippen molar-refractivity contribution in [3.05, 3.63) is 0 Å². The lowest BCUT2D eigenvalue weighted by molar-refractivity contribution is -0.144. The summed E-state index contributed by atoms with van der Waals surface area (Å²) in [7, 11) is 0. The van der Waals surface area contributed by atoms with Crippen LogP contribution in [0.2, 0.25) is 0 Å². The molecule has 0 aromatic carbocycles. The highest BCUT2D eigenvalue weighted by Gasteiger charge is 2.59. The molecule has 2 saturated carbocycles.